The fourth-order valence-electron chi connectivity index (χ4n) is 9.08. The second-order valence-electron chi connectivity index (χ2n) is 15.5. The molecule has 9 aromatic carbocycles. The van der Waals surface area contributed by atoms with Crippen LogP contribution in [0.1, 0.15) is 11.1 Å². The molecule has 0 unspecified atom stereocenters. The van der Waals surface area contributed by atoms with Gasteiger partial charge in [-0.1, -0.05) is 199 Å². The van der Waals surface area contributed by atoms with Gasteiger partial charge in [-0.2, -0.15) is 0 Å². The van der Waals surface area contributed by atoms with Crippen molar-refractivity contribution in [3.05, 3.63) is 236 Å². The Hall–Kier alpha value is -7.00. The van der Waals surface area contributed by atoms with E-state index in [2.05, 4.69) is 243 Å². The van der Waals surface area contributed by atoms with Gasteiger partial charge in [0.15, 0.2) is 8.07 Å². The van der Waals surface area contributed by atoms with Gasteiger partial charge in [0, 0.05) is 17.1 Å². The first-order chi connectivity index (χ1) is 28.6. The molecular weight excluding hydrogens is 715 g/mol. The van der Waals surface area contributed by atoms with Crippen LogP contribution in [0.3, 0.4) is 0 Å². The molecule has 0 saturated heterocycles. The van der Waals surface area contributed by atoms with Crippen molar-refractivity contribution in [3.63, 3.8) is 0 Å². The van der Waals surface area contributed by atoms with Gasteiger partial charge < -0.3 is 4.90 Å². The minimum atomic E-state index is -2.72. The Morgan fingerprint density at radius 1 is 0.293 bits per heavy atom. The van der Waals surface area contributed by atoms with Crippen molar-refractivity contribution < 1.29 is 0 Å². The predicted octanol–water partition coefficient (Wildman–Crippen LogP) is 12.1. The summed E-state index contributed by atoms with van der Waals surface area (Å²) >= 11 is 0. The van der Waals surface area contributed by atoms with E-state index in [1.54, 1.807) is 0 Å². The summed E-state index contributed by atoms with van der Waals surface area (Å²) in [4.78, 5) is 2.37. The molecule has 0 bridgehead atoms. The Morgan fingerprint density at radius 3 is 1.16 bits per heavy atom. The van der Waals surface area contributed by atoms with E-state index < -0.39 is 8.07 Å². The maximum atomic E-state index is 2.40. The maximum absolute atomic E-state index is 2.72. The van der Waals surface area contributed by atoms with Gasteiger partial charge in [0.1, 0.15) is 0 Å². The van der Waals surface area contributed by atoms with Crippen molar-refractivity contribution in [2.75, 3.05) is 4.90 Å². The molecule has 9 aromatic rings. The Balaban J connectivity index is 1.12. The van der Waals surface area contributed by atoms with Crippen molar-refractivity contribution in [1.82, 2.24) is 0 Å². The van der Waals surface area contributed by atoms with Crippen LogP contribution in [0.5, 0.6) is 0 Å². The first kappa shape index (κ1) is 35.4. The molecule has 10 rings (SSSR count). The van der Waals surface area contributed by atoms with Crippen LogP contribution in [-0.4, -0.2) is 8.07 Å². The number of anilines is 3. The van der Waals surface area contributed by atoms with Crippen molar-refractivity contribution in [2.24, 2.45) is 0 Å². The maximum Gasteiger partial charge on any atom is 0.181 e. The summed E-state index contributed by atoms with van der Waals surface area (Å²) in [5.41, 5.74) is 16.0. The fourth-order valence-corrected chi connectivity index (χ4v) is 14.4. The van der Waals surface area contributed by atoms with E-state index in [9.17, 15) is 0 Å². The highest BCUT2D eigenvalue weighted by Gasteiger charge is 2.50. The number of nitrogens with zero attached hydrogens (tertiary/aromatic N) is 1. The van der Waals surface area contributed by atoms with Crippen LogP contribution in [-0.2, 0) is 0 Å². The van der Waals surface area contributed by atoms with E-state index >= 15 is 0 Å². The average Bonchev–Trinajstić information content (AvgIpc) is 3.60. The number of hydrogen-bond acceptors (Lipinski definition) is 1. The lowest BCUT2D eigenvalue weighted by atomic mass is 9.98. The Labute approximate surface area is 343 Å². The summed E-state index contributed by atoms with van der Waals surface area (Å²) in [6.45, 7) is 4.37. The van der Waals surface area contributed by atoms with Crippen LogP contribution in [0.4, 0.5) is 17.1 Å². The number of benzene rings is 9. The molecule has 1 aliphatic heterocycles. The zero-order valence-corrected chi connectivity index (χ0v) is 33.8. The van der Waals surface area contributed by atoms with Gasteiger partial charge in [0.2, 0.25) is 0 Å². The zero-order chi connectivity index (χ0) is 39.1. The predicted molar refractivity (Wildman–Crippen MR) is 250 cm³/mol. The summed E-state index contributed by atoms with van der Waals surface area (Å²) < 4.78 is 0. The molecule has 0 radical (unpaired) electrons. The molecule has 0 saturated carbocycles. The molecule has 0 spiro atoms. The number of aryl methyl sites for hydroxylation is 2. The van der Waals surface area contributed by atoms with Gasteiger partial charge in [0.05, 0.1) is 0 Å². The van der Waals surface area contributed by atoms with Crippen LogP contribution in [0.15, 0.2) is 224 Å². The van der Waals surface area contributed by atoms with E-state index in [0.29, 0.717) is 0 Å². The third-order valence-corrected chi connectivity index (χ3v) is 16.9. The lowest BCUT2D eigenvalue weighted by Crippen LogP contribution is -2.73. The largest absolute Gasteiger partial charge is 0.311 e. The second kappa shape index (κ2) is 14.8. The van der Waals surface area contributed by atoms with Crippen molar-refractivity contribution in [2.45, 2.75) is 13.8 Å². The zero-order valence-electron chi connectivity index (χ0n) is 32.8. The van der Waals surface area contributed by atoms with E-state index in [1.165, 1.54) is 76.4 Å². The minimum Gasteiger partial charge on any atom is -0.311 e. The second-order valence-corrected chi connectivity index (χ2v) is 19.2. The summed E-state index contributed by atoms with van der Waals surface area (Å²) in [5.74, 6) is 0. The molecule has 0 amide bonds. The quantitative estimate of drug-likeness (QED) is 0.140. The van der Waals surface area contributed by atoms with Crippen molar-refractivity contribution >= 4 is 45.9 Å². The lowest BCUT2D eigenvalue weighted by molar-refractivity contribution is 1.28. The summed E-state index contributed by atoms with van der Waals surface area (Å²) in [6.07, 6.45) is 0. The van der Waals surface area contributed by atoms with Gasteiger partial charge in [-0.15, -0.1) is 0 Å². The van der Waals surface area contributed by atoms with Gasteiger partial charge in [0.25, 0.3) is 0 Å². The molecule has 276 valence electrons. The molecule has 0 atom stereocenters. The molecule has 1 nitrogen and oxygen atoms in total. The van der Waals surface area contributed by atoms with Crippen LogP contribution in [0.2, 0.25) is 0 Å². The first-order valence-corrected chi connectivity index (χ1v) is 22.2. The normalized spacial score (nSPS) is 12.4. The van der Waals surface area contributed by atoms with Crippen LogP contribution >= 0.6 is 0 Å². The minimum absolute atomic E-state index is 1.11. The molecular formula is C56H43NSi. The molecule has 58 heavy (non-hydrogen) atoms. The first-order valence-electron chi connectivity index (χ1n) is 20.2. The van der Waals surface area contributed by atoms with Crippen molar-refractivity contribution in [1.29, 1.82) is 0 Å². The van der Waals surface area contributed by atoms with Crippen molar-refractivity contribution in [3.8, 4) is 44.5 Å². The smallest absolute Gasteiger partial charge is 0.181 e. The van der Waals surface area contributed by atoms with Crippen LogP contribution in [0.25, 0.3) is 44.5 Å². The van der Waals surface area contributed by atoms with Gasteiger partial charge in [-0.05, 0) is 116 Å². The standard InChI is InChI=1S/C56H43NSi/c1-40-20-36-50(37-21-40)58(51-38-22-41(2)23-39-51)55-19-10-9-16-53(55)54-18-11-17-52(56(54)58)46-28-34-49(35-29-46)57(47-30-24-44(25-31-47)42-12-5-3-6-13-42)48-32-26-45(27-33-48)43-14-7-4-8-15-43/h3-39H,1-2H3. The summed E-state index contributed by atoms with van der Waals surface area (Å²) in [7, 11) is -2.72. The molecule has 0 N–H and O–H groups in total. The number of rotatable bonds is 8. The monoisotopic (exact) mass is 757 g/mol. The van der Waals surface area contributed by atoms with E-state index in [1.807, 2.05) is 0 Å². The number of fused-ring (bicyclic) bond motifs is 3. The third-order valence-electron chi connectivity index (χ3n) is 11.9. The third kappa shape index (κ3) is 6.10. The topological polar surface area (TPSA) is 3.24 Å². The van der Waals surface area contributed by atoms with E-state index in [-0.39, 0.29) is 0 Å². The Kier molecular flexibility index (Phi) is 9.05. The Bertz CT molecular complexity index is 2720. The van der Waals surface area contributed by atoms with Gasteiger partial charge >= 0.3 is 0 Å². The molecule has 0 fully saturated rings. The fraction of sp³-hybridized carbons (Fsp3) is 0.0357. The number of hydrogen-bond donors (Lipinski definition) is 0. The van der Waals surface area contributed by atoms with Crippen LogP contribution < -0.4 is 25.6 Å². The molecule has 0 aliphatic carbocycles. The average molecular weight is 758 g/mol. The lowest BCUT2D eigenvalue weighted by Gasteiger charge is -2.33. The highest BCUT2D eigenvalue weighted by Crippen LogP contribution is 2.39. The molecule has 0 aromatic heterocycles. The molecule has 1 aliphatic rings. The summed E-state index contributed by atoms with van der Waals surface area (Å²) in [5, 5.41) is 5.77. The summed E-state index contributed by atoms with van der Waals surface area (Å²) in [6, 6.07) is 83.3. The highest BCUT2D eigenvalue weighted by atomic mass is 28.3. The highest BCUT2D eigenvalue weighted by molar-refractivity contribution is 7.22. The molecule has 1 heterocycles. The van der Waals surface area contributed by atoms with E-state index in [4.69, 9.17) is 0 Å². The Morgan fingerprint density at radius 2 is 0.672 bits per heavy atom. The SMILES string of the molecule is Cc1ccc([Si]2(c3ccc(C)cc3)c3ccccc3-c3cccc(-c4ccc(N(c5ccc(-c6ccccc6)cc5)c5ccc(-c6ccccc6)cc5)cc4)c32)cc1. The molecule has 2 heteroatoms. The van der Waals surface area contributed by atoms with Gasteiger partial charge in [-0.25, -0.2) is 0 Å². The van der Waals surface area contributed by atoms with Crippen LogP contribution in [0, 0.1) is 13.8 Å². The van der Waals surface area contributed by atoms with E-state index in [0.717, 1.165) is 17.1 Å². The van der Waals surface area contributed by atoms with Gasteiger partial charge in [-0.3, -0.25) is 0 Å².